The zero-order chi connectivity index (χ0) is 17.8. The smallest absolute Gasteiger partial charge is 0.222 e. The van der Waals surface area contributed by atoms with Crippen molar-refractivity contribution in [2.24, 2.45) is 10.7 Å². The Morgan fingerprint density at radius 2 is 1.80 bits per heavy atom. The fourth-order valence-corrected chi connectivity index (χ4v) is 2.47. The van der Waals surface area contributed by atoms with Crippen molar-refractivity contribution in [3.63, 3.8) is 0 Å². The van der Waals surface area contributed by atoms with Crippen molar-refractivity contribution in [2.75, 3.05) is 5.73 Å². The number of hydrogen-bond acceptors (Lipinski definition) is 5. The zero-order valence-electron chi connectivity index (χ0n) is 14.3. The molecule has 0 saturated carbocycles. The number of aromatic nitrogens is 3. The van der Waals surface area contributed by atoms with Crippen molar-refractivity contribution in [1.29, 1.82) is 0 Å². The summed E-state index contributed by atoms with van der Waals surface area (Å²) in [6.45, 7) is 3.91. The molecule has 0 radical (unpaired) electrons. The molecule has 3 aromatic rings. The lowest BCUT2D eigenvalue weighted by Crippen LogP contribution is -2.16. The van der Waals surface area contributed by atoms with E-state index in [2.05, 4.69) is 19.9 Å². The normalized spacial score (nSPS) is 11.5. The lowest BCUT2D eigenvalue weighted by atomic mass is 10.1. The number of rotatable bonds is 4. The molecule has 6 nitrogen and oxygen atoms in total. The molecule has 3 rings (SSSR count). The Kier molecular flexibility index (Phi) is 4.70. The Labute approximate surface area is 146 Å². The van der Waals surface area contributed by atoms with Crippen LogP contribution in [0.5, 0.6) is 0 Å². The van der Waals surface area contributed by atoms with Crippen LogP contribution in [-0.2, 0) is 6.42 Å². The molecule has 0 aliphatic rings. The van der Waals surface area contributed by atoms with Crippen LogP contribution in [0.4, 0.5) is 11.8 Å². The molecule has 4 N–H and O–H groups in total. The van der Waals surface area contributed by atoms with Gasteiger partial charge in [-0.1, -0.05) is 36.4 Å². The summed E-state index contributed by atoms with van der Waals surface area (Å²) in [6.07, 6.45) is 2.26. The van der Waals surface area contributed by atoms with Crippen LogP contribution in [0.2, 0.25) is 0 Å². The number of anilines is 1. The Balaban J connectivity index is 1.94. The first-order valence-electron chi connectivity index (χ1n) is 7.97. The van der Waals surface area contributed by atoms with Gasteiger partial charge in [-0.15, -0.1) is 0 Å². The van der Waals surface area contributed by atoms with Crippen molar-refractivity contribution in [1.82, 2.24) is 15.0 Å². The number of aliphatic imine (C=N–C) groups is 1. The summed E-state index contributed by atoms with van der Waals surface area (Å²) in [6, 6.07) is 13.7. The summed E-state index contributed by atoms with van der Waals surface area (Å²) in [5.74, 6) is 1.08. The average molecular weight is 332 g/mol. The summed E-state index contributed by atoms with van der Waals surface area (Å²) in [7, 11) is 0. The minimum absolute atomic E-state index is 0.171. The van der Waals surface area contributed by atoms with E-state index in [1.165, 1.54) is 0 Å². The lowest BCUT2D eigenvalue weighted by Gasteiger charge is -2.09. The molecule has 2 aromatic heterocycles. The molecule has 6 heteroatoms. The van der Waals surface area contributed by atoms with Gasteiger partial charge >= 0.3 is 0 Å². The van der Waals surface area contributed by atoms with E-state index >= 15 is 0 Å². The van der Waals surface area contributed by atoms with Crippen molar-refractivity contribution in [2.45, 2.75) is 20.3 Å². The van der Waals surface area contributed by atoms with Crippen molar-refractivity contribution >= 4 is 17.6 Å². The van der Waals surface area contributed by atoms with Crippen LogP contribution in [0.25, 0.3) is 11.3 Å². The number of nitrogen functional groups attached to an aromatic ring is 1. The number of benzene rings is 1. The number of amidine groups is 1. The molecule has 1 aromatic carbocycles. The summed E-state index contributed by atoms with van der Waals surface area (Å²) < 4.78 is 0. The summed E-state index contributed by atoms with van der Waals surface area (Å²) in [5, 5.41) is 0. The molecular weight excluding hydrogens is 312 g/mol. The molecule has 25 heavy (non-hydrogen) atoms. The monoisotopic (exact) mass is 332 g/mol. The topological polar surface area (TPSA) is 103 Å². The first kappa shape index (κ1) is 16.6. The van der Waals surface area contributed by atoms with E-state index in [1.54, 1.807) is 0 Å². The van der Waals surface area contributed by atoms with E-state index in [1.807, 2.05) is 62.5 Å². The maximum absolute atomic E-state index is 6.09. The van der Waals surface area contributed by atoms with E-state index in [9.17, 15) is 0 Å². The molecule has 0 spiro atoms. The number of pyridine rings is 1. The Morgan fingerprint density at radius 3 is 2.48 bits per heavy atom. The maximum atomic E-state index is 6.09. The van der Waals surface area contributed by atoms with Gasteiger partial charge in [0.15, 0.2) is 5.82 Å². The summed E-state index contributed by atoms with van der Waals surface area (Å²) in [4.78, 5) is 17.4. The van der Waals surface area contributed by atoms with Gasteiger partial charge in [0, 0.05) is 29.4 Å². The summed E-state index contributed by atoms with van der Waals surface area (Å²) >= 11 is 0. The lowest BCUT2D eigenvalue weighted by molar-refractivity contribution is 1.09. The van der Waals surface area contributed by atoms with E-state index < -0.39 is 0 Å². The maximum Gasteiger partial charge on any atom is 0.222 e. The SMILES string of the molecule is Cc1ccc(CC(N)=Nc2nc(N)nc(-c3ccccc3)c2C)nc1. The third-order valence-corrected chi connectivity index (χ3v) is 3.77. The second kappa shape index (κ2) is 7.09. The first-order valence-corrected chi connectivity index (χ1v) is 7.97. The second-order valence-electron chi connectivity index (χ2n) is 5.85. The average Bonchev–Trinajstić information content (AvgIpc) is 2.60. The molecule has 0 aliphatic carbocycles. The van der Waals surface area contributed by atoms with Gasteiger partial charge in [-0.05, 0) is 25.5 Å². The first-order chi connectivity index (χ1) is 12.0. The van der Waals surface area contributed by atoms with Crippen molar-refractivity contribution < 1.29 is 0 Å². The van der Waals surface area contributed by atoms with Crippen LogP contribution < -0.4 is 11.5 Å². The molecule has 0 fully saturated rings. The van der Waals surface area contributed by atoms with Gasteiger partial charge in [0.1, 0.15) is 5.84 Å². The zero-order valence-corrected chi connectivity index (χ0v) is 14.3. The van der Waals surface area contributed by atoms with Gasteiger partial charge in [-0.2, -0.15) is 4.98 Å². The van der Waals surface area contributed by atoms with E-state index in [0.717, 1.165) is 28.1 Å². The highest BCUT2D eigenvalue weighted by Crippen LogP contribution is 2.27. The molecule has 0 unspecified atom stereocenters. The van der Waals surface area contributed by atoms with Crippen LogP contribution in [-0.4, -0.2) is 20.8 Å². The van der Waals surface area contributed by atoms with Crippen LogP contribution in [0.15, 0.2) is 53.7 Å². The molecule has 2 heterocycles. The quantitative estimate of drug-likeness (QED) is 0.565. The molecule has 0 amide bonds. The molecule has 0 bridgehead atoms. The Bertz CT molecular complexity index is 901. The fraction of sp³-hybridized carbons (Fsp3) is 0.158. The highest BCUT2D eigenvalue weighted by molar-refractivity contribution is 5.85. The van der Waals surface area contributed by atoms with Crippen molar-refractivity contribution in [3.05, 3.63) is 65.5 Å². The number of hydrogen-bond donors (Lipinski definition) is 2. The second-order valence-corrected chi connectivity index (χ2v) is 5.85. The summed E-state index contributed by atoms with van der Waals surface area (Å²) in [5.41, 5.74) is 16.5. The molecular formula is C19H20N6. The van der Waals surface area contributed by atoms with E-state index in [0.29, 0.717) is 18.1 Å². The fourth-order valence-electron chi connectivity index (χ4n) is 2.47. The Morgan fingerprint density at radius 1 is 1.04 bits per heavy atom. The van der Waals surface area contributed by atoms with Gasteiger partial charge in [0.05, 0.1) is 5.69 Å². The van der Waals surface area contributed by atoms with Gasteiger partial charge in [-0.3, -0.25) is 4.98 Å². The van der Waals surface area contributed by atoms with E-state index in [-0.39, 0.29) is 5.95 Å². The van der Waals surface area contributed by atoms with Crippen LogP contribution in [0.3, 0.4) is 0 Å². The molecule has 126 valence electrons. The minimum atomic E-state index is 0.171. The van der Waals surface area contributed by atoms with Gasteiger partial charge in [0.25, 0.3) is 0 Å². The van der Waals surface area contributed by atoms with E-state index in [4.69, 9.17) is 11.5 Å². The van der Waals surface area contributed by atoms with Gasteiger partial charge in [0.2, 0.25) is 5.95 Å². The molecule has 0 atom stereocenters. The molecule has 0 aliphatic heterocycles. The predicted octanol–water partition coefficient (Wildman–Crippen LogP) is 2.97. The predicted molar refractivity (Wildman–Crippen MR) is 101 cm³/mol. The Hall–Kier alpha value is -3.28. The van der Waals surface area contributed by atoms with Crippen molar-refractivity contribution in [3.8, 4) is 11.3 Å². The highest BCUT2D eigenvalue weighted by atomic mass is 15.1. The minimum Gasteiger partial charge on any atom is -0.387 e. The molecule has 0 saturated heterocycles. The number of aryl methyl sites for hydroxylation is 1. The standard InChI is InChI=1S/C19H20N6/c1-12-8-9-15(22-11-12)10-16(20)23-18-13(2)17(24-19(21)25-18)14-6-4-3-5-7-14/h3-9,11H,10H2,1-2H3,(H4,20,21,23,24,25). The third-order valence-electron chi connectivity index (χ3n) is 3.77. The number of nitrogens with two attached hydrogens (primary N) is 2. The largest absolute Gasteiger partial charge is 0.387 e. The van der Waals surface area contributed by atoms with Crippen LogP contribution >= 0.6 is 0 Å². The van der Waals surface area contributed by atoms with Gasteiger partial charge < -0.3 is 11.5 Å². The van der Waals surface area contributed by atoms with Crippen LogP contribution in [0.1, 0.15) is 16.8 Å². The number of nitrogens with zero attached hydrogens (tertiary/aromatic N) is 4. The third kappa shape index (κ3) is 3.98. The van der Waals surface area contributed by atoms with Crippen LogP contribution in [0, 0.1) is 13.8 Å². The highest BCUT2D eigenvalue weighted by Gasteiger charge is 2.11. The van der Waals surface area contributed by atoms with Gasteiger partial charge in [-0.25, -0.2) is 9.98 Å².